The van der Waals surface area contributed by atoms with Gasteiger partial charge in [0.15, 0.2) is 22.6 Å². The normalized spacial score (nSPS) is 13.9. The van der Waals surface area contributed by atoms with Gasteiger partial charge in [0.1, 0.15) is 72.7 Å². The van der Waals surface area contributed by atoms with E-state index in [9.17, 15) is 4.79 Å². The molecule has 3 saturated heterocycles. The average molecular weight is 1940 g/mol. The number of piperazine rings is 2. The number of benzene rings is 4. The third-order valence-electron chi connectivity index (χ3n) is 22.5. The van der Waals surface area contributed by atoms with Crippen LogP contribution in [0, 0.1) is 21.2 Å². The molecule has 0 saturated carbocycles. The van der Waals surface area contributed by atoms with Crippen molar-refractivity contribution in [2.24, 2.45) is 0 Å². The van der Waals surface area contributed by atoms with Crippen LogP contribution in [0.1, 0.15) is 67.5 Å². The lowest BCUT2D eigenvalue weighted by Crippen LogP contribution is -2.48. The zero-order valence-electron chi connectivity index (χ0n) is 69.1. The lowest BCUT2D eigenvalue weighted by atomic mass is 10.0. The van der Waals surface area contributed by atoms with Gasteiger partial charge in [-0.1, -0.05) is 83.9 Å². The van der Waals surface area contributed by atoms with Crippen LogP contribution in [-0.2, 0) is 31.0 Å². The first-order valence-corrected chi connectivity index (χ1v) is 43.7. The number of nitrogens with one attached hydrogen (secondary N) is 2. The van der Waals surface area contributed by atoms with Gasteiger partial charge in [0.2, 0.25) is 11.8 Å². The average Bonchev–Trinajstić information content (AvgIpc) is 1.69. The van der Waals surface area contributed by atoms with Crippen molar-refractivity contribution in [2.75, 3.05) is 110 Å². The van der Waals surface area contributed by atoms with Crippen molar-refractivity contribution >= 4 is 202 Å². The van der Waals surface area contributed by atoms with Gasteiger partial charge in [0.05, 0.1) is 99.0 Å². The lowest BCUT2D eigenvalue weighted by Gasteiger charge is -2.35. The third kappa shape index (κ3) is 16.8. The zero-order valence-corrected chi connectivity index (χ0v) is 74.9. The molecule has 14 aromatic heterocycles. The molecule has 3 fully saturated rings. The summed E-state index contributed by atoms with van der Waals surface area (Å²) in [4.78, 5) is 73.1. The minimum absolute atomic E-state index is 0.0366. The third-order valence-corrected chi connectivity index (χ3v) is 24.6. The van der Waals surface area contributed by atoms with Gasteiger partial charge in [0, 0.05) is 129 Å². The largest absolute Gasteiger partial charge is 0.474 e. The maximum Gasteiger partial charge on any atom is 0.222 e. The maximum atomic E-state index is 11.8. The van der Waals surface area contributed by atoms with Crippen LogP contribution in [0.25, 0.3) is 110 Å². The number of aryl methyl sites for hydroxylation is 2. The summed E-state index contributed by atoms with van der Waals surface area (Å²) in [5.41, 5.74) is 36.9. The van der Waals surface area contributed by atoms with Crippen molar-refractivity contribution in [2.45, 2.75) is 79.7 Å². The molecule has 21 rings (SSSR count). The SMILES string of the molecule is CC(=O)N1CCN(c2nc(Cn3nc(-c4cn[nH]c4)c4c(N)ncnc43)cc3cccc(Cl)c23)CC1.Cc1cccc2cc(Cn3nc(I)c4c(N)ccnc43)nc(N3CCN(C)CC3)c12.Cc1cccc2cc(Cn3nc(I)c4c(N)ncnc43)nc(OC(C)C)c12.Nc1ncnc2c1c(-c1cn[nH]c1)nn2Cc1cc2cccc(Cl)c2c(N2CCCC2)n1. The molecule has 10 N–H and O–H groups in total. The number of aromatic amines is 2. The second kappa shape index (κ2) is 35.4. The molecule has 3 aliphatic rings. The van der Waals surface area contributed by atoms with Gasteiger partial charge in [-0.05, 0) is 168 Å². The Kier molecular flexibility index (Phi) is 23.5. The van der Waals surface area contributed by atoms with E-state index in [0.29, 0.717) is 126 Å². The van der Waals surface area contributed by atoms with Crippen LogP contribution >= 0.6 is 68.4 Å². The van der Waals surface area contributed by atoms with Gasteiger partial charge < -0.3 is 52.2 Å². The van der Waals surface area contributed by atoms with Crippen molar-refractivity contribution in [3.8, 4) is 28.4 Å². The number of amides is 1. The fourth-order valence-corrected chi connectivity index (χ4v) is 18.6. The lowest BCUT2D eigenvalue weighted by molar-refractivity contribution is -0.129. The van der Waals surface area contributed by atoms with E-state index in [0.717, 1.165) is 170 Å². The van der Waals surface area contributed by atoms with Crippen LogP contribution in [0.3, 0.4) is 0 Å². The zero-order chi connectivity index (χ0) is 86.4. The van der Waals surface area contributed by atoms with E-state index in [2.05, 4.69) is 201 Å². The Labute approximate surface area is 752 Å². The van der Waals surface area contributed by atoms with Gasteiger partial charge in [0.25, 0.3) is 0 Å². The molecule has 634 valence electrons. The number of ether oxygens (including phenoxy) is 1. The minimum atomic E-state index is 0.0366. The predicted molar refractivity (Wildman–Crippen MR) is 506 cm³/mol. The standard InChI is InChI=1S/C24H23ClN10O.C22H20ClN9.C22H24IN7.C19H19IN6O/c1-14(36)33-5-7-34(8-6-33)24-19-15(3-2-4-18(19)25)9-17(31-24)12-35-23-20(22(26)27-13-28-23)21(32-35)16-10-29-30-11-16;23-16-5-3-4-13-8-15(29-22(17(13)16)31-6-1-2-7-31)11-32-21-18(20(24)25-12-26-21)19(30-32)14-9-27-28-10-14;1-14-4-3-5-15-12-16(26-22(18(14)15)29-10-8-28(2)9-11-29)13-30-21-19(20(23)27-30)17(24)6-7-25-21;1-10(2)27-19-14-11(3)5-4-6-12(14)7-13(24-19)8-26-18-15(16(20)25-26)17(21)22-9-23-18/h2-4,9-11,13H,5-8,12H2,1H3,(H,29,30)(H2,26,27,28);3-5,8-10,12H,1-2,6-7,11H2,(H,27,28)(H2,24,25,26);3-7,12H,8-11,13H2,1-2H3,(H2,24,25);4-7,9-10H,8H2,1-3H3,(H2,21,22,23). The molecular weight excluding hydrogens is 1850 g/mol. The molecule has 0 bridgehead atoms. The molecule has 3 aliphatic heterocycles. The minimum Gasteiger partial charge on any atom is -0.474 e. The quantitative estimate of drug-likeness (QED) is 0.0519. The smallest absolute Gasteiger partial charge is 0.222 e. The van der Waals surface area contributed by atoms with E-state index in [-0.39, 0.29) is 12.0 Å². The Morgan fingerprint density at radius 2 is 0.864 bits per heavy atom. The molecule has 38 heteroatoms. The van der Waals surface area contributed by atoms with Crippen molar-refractivity contribution in [3.05, 3.63) is 204 Å². The van der Waals surface area contributed by atoms with E-state index in [4.69, 9.17) is 86.1 Å². The number of H-pyrrole nitrogens is 2. The Morgan fingerprint density at radius 3 is 1.34 bits per heavy atom. The monoisotopic (exact) mass is 1930 g/mol. The van der Waals surface area contributed by atoms with Gasteiger partial charge in [-0.2, -0.15) is 30.6 Å². The molecule has 4 aromatic carbocycles. The number of nitrogens with zero attached hydrogens (tertiary/aromatic N) is 26. The molecule has 0 radical (unpaired) electrons. The summed E-state index contributed by atoms with van der Waals surface area (Å²) in [6.07, 6.45) is 15.4. The summed E-state index contributed by atoms with van der Waals surface area (Å²) in [5, 5.41) is 45.6. The number of hydrogen-bond donors (Lipinski definition) is 6. The highest BCUT2D eigenvalue weighted by Crippen LogP contribution is 2.40. The number of aromatic nitrogens is 23. The molecule has 0 spiro atoms. The van der Waals surface area contributed by atoms with Crippen LogP contribution in [-0.4, -0.2) is 209 Å². The molecular formula is C87H86Cl2I2N32O2. The summed E-state index contributed by atoms with van der Waals surface area (Å²) in [6.45, 7) is 20.3. The highest BCUT2D eigenvalue weighted by molar-refractivity contribution is 14.1. The molecule has 1 amide bonds. The van der Waals surface area contributed by atoms with E-state index in [1.54, 1.807) is 47.3 Å². The summed E-state index contributed by atoms with van der Waals surface area (Å²) < 4.78 is 15.0. The van der Waals surface area contributed by atoms with Crippen molar-refractivity contribution < 1.29 is 9.53 Å². The Hall–Kier alpha value is -12.9. The first-order chi connectivity index (χ1) is 60.6. The number of nitrogens with two attached hydrogens (primary N) is 4. The van der Waals surface area contributed by atoms with Gasteiger partial charge in [-0.25, -0.2) is 73.6 Å². The number of likely N-dealkylation sites (N-methyl/N-ethyl adjacent to an activating group) is 1. The Morgan fingerprint density at radius 1 is 0.464 bits per heavy atom. The first-order valence-electron chi connectivity index (χ1n) is 40.7. The number of pyridine rings is 5. The van der Waals surface area contributed by atoms with Crippen LogP contribution < -0.4 is 42.4 Å². The maximum absolute atomic E-state index is 11.8. The topological polar surface area (TPSA) is 417 Å². The number of halogens is 4. The molecule has 0 atom stereocenters. The van der Waals surface area contributed by atoms with Crippen LogP contribution in [0.2, 0.25) is 10.0 Å². The molecule has 125 heavy (non-hydrogen) atoms. The summed E-state index contributed by atoms with van der Waals surface area (Å²) >= 11 is 17.6. The summed E-state index contributed by atoms with van der Waals surface area (Å²) in [6, 6.07) is 34.6. The number of fused-ring (bicyclic) bond motifs is 8. The van der Waals surface area contributed by atoms with Crippen LogP contribution in [0.4, 0.5) is 40.6 Å². The fourth-order valence-electron chi connectivity index (χ4n) is 16.5. The van der Waals surface area contributed by atoms with Crippen molar-refractivity contribution in [1.82, 2.24) is 124 Å². The molecule has 0 unspecified atom stereocenters. The highest BCUT2D eigenvalue weighted by Gasteiger charge is 2.29. The van der Waals surface area contributed by atoms with E-state index in [1.807, 2.05) is 76.6 Å². The van der Waals surface area contributed by atoms with Crippen LogP contribution in [0.5, 0.6) is 5.88 Å². The number of anilines is 7. The van der Waals surface area contributed by atoms with Gasteiger partial charge >= 0.3 is 0 Å². The fraction of sp³-hybridized carbons (Fsp3) is 0.264. The number of carbonyl (C=O) groups is 1. The molecule has 17 heterocycles. The Balaban J connectivity index is 0.000000114. The number of hydrogen-bond acceptors (Lipinski definition) is 27. The van der Waals surface area contributed by atoms with Gasteiger partial charge in [-0.3, -0.25) is 15.0 Å². The van der Waals surface area contributed by atoms with Crippen molar-refractivity contribution in [3.63, 3.8) is 0 Å². The summed E-state index contributed by atoms with van der Waals surface area (Å²) in [7, 11) is 2.17. The number of nitrogen functional groups attached to an aromatic ring is 4. The van der Waals surface area contributed by atoms with Crippen LogP contribution in [0.15, 0.2) is 153 Å². The van der Waals surface area contributed by atoms with E-state index >= 15 is 0 Å². The highest BCUT2D eigenvalue weighted by atomic mass is 127. The number of carbonyl (C=O) groups excluding carboxylic acids is 1. The van der Waals surface area contributed by atoms with Crippen molar-refractivity contribution in [1.29, 1.82) is 0 Å². The molecule has 0 aliphatic carbocycles. The second-order valence-electron chi connectivity index (χ2n) is 31.3. The number of rotatable bonds is 15. The summed E-state index contributed by atoms with van der Waals surface area (Å²) in [5.74, 6) is 4.71. The molecule has 18 aromatic rings. The first kappa shape index (κ1) is 83.0. The van der Waals surface area contributed by atoms with E-state index in [1.165, 1.54) is 35.3 Å². The Bertz CT molecular complexity index is 7100. The van der Waals surface area contributed by atoms with E-state index < -0.39 is 0 Å². The van der Waals surface area contributed by atoms with Gasteiger partial charge in [-0.15, -0.1) is 0 Å². The predicted octanol–water partition coefficient (Wildman–Crippen LogP) is 13.3. The molecule has 34 nitrogen and oxygen atoms in total. The second-order valence-corrected chi connectivity index (χ2v) is 34.1.